The van der Waals surface area contributed by atoms with Gasteiger partial charge in [0.25, 0.3) is 0 Å². The third kappa shape index (κ3) is 1.25. The van der Waals surface area contributed by atoms with Gasteiger partial charge in [0.15, 0.2) is 6.29 Å². The highest BCUT2D eigenvalue weighted by Gasteiger charge is 2.05. The van der Waals surface area contributed by atoms with Gasteiger partial charge in [-0.05, 0) is 12.1 Å². The molecule has 0 atom stereocenters. The molecule has 0 aliphatic heterocycles. The summed E-state index contributed by atoms with van der Waals surface area (Å²) in [4.78, 5) is 10.8. The first-order valence-corrected chi connectivity index (χ1v) is 4.51. The summed E-state index contributed by atoms with van der Waals surface area (Å²) >= 11 is 0. The van der Waals surface area contributed by atoms with Crippen LogP contribution in [0, 0.1) is 0 Å². The molecule has 14 heavy (non-hydrogen) atoms. The van der Waals surface area contributed by atoms with Crippen molar-refractivity contribution in [1.29, 1.82) is 0 Å². The van der Waals surface area contributed by atoms with Gasteiger partial charge in [-0.15, -0.1) is 6.58 Å². The van der Waals surface area contributed by atoms with Crippen LogP contribution in [0.5, 0.6) is 0 Å². The van der Waals surface area contributed by atoms with Gasteiger partial charge in [-0.1, -0.05) is 24.3 Å². The van der Waals surface area contributed by atoms with Crippen molar-refractivity contribution in [3.63, 3.8) is 0 Å². The Bertz CT molecular complexity index is 482. The van der Waals surface area contributed by atoms with Gasteiger partial charge < -0.3 is 4.57 Å². The zero-order valence-electron chi connectivity index (χ0n) is 7.81. The lowest BCUT2D eigenvalue weighted by molar-refractivity contribution is 0.111. The molecule has 0 unspecified atom stereocenters. The quantitative estimate of drug-likeness (QED) is 0.532. The van der Waals surface area contributed by atoms with Crippen LogP contribution in [-0.4, -0.2) is 10.9 Å². The summed E-state index contributed by atoms with van der Waals surface area (Å²) in [6, 6.07) is 9.84. The molecule has 70 valence electrons. The maximum Gasteiger partial charge on any atom is 0.166 e. The molecule has 1 heterocycles. The van der Waals surface area contributed by atoms with E-state index in [1.807, 2.05) is 34.9 Å². The first kappa shape index (κ1) is 8.75. The molecule has 0 fully saturated rings. The molecule has 0 saturated heterocycles. The van der Waals surface area contributed by atoms with Crippen molar-refractivity contribution in [2.45, 2.75) is 6.54 Å². The van der Waals surface area contributed by atoms with Crippen LogP contribution in [0.15, 0.2) is 43.0 Å². The van der Waals surface area contributed by atoms with Gasteiger partial charge in [0.05, 0.1) is 5.69 Å². The van der Waals surface area contributed by atoms with E-state index < -0.39 is 0 Å². The van der Waals surface area contributed by atoms with Gasteiger partial charge in [-0.3, -0.25) is 4.79 Å². The van der Waals surface area contributed by atoms with Gasteiger partial charge in [0, 0.05) is 17.4 Å². The number of rotatable bonds is 3. The van der Waals surface area contributed by atoms with Crippen LogP contribution in [0.2, 0.25) is 0 Å². The molecule has 2 aromatic rings. The largest absolute Gasteiger partial charge is 0.334 e. The van der Waals surface area contributed by atoms with Gasteiger partial charge >= 0.3 is 0 Å². The smallest absolute Gasteiger partial charge is 0.166 e. The zero-order valence-corrected chi connectivity index (χ0v) is 7.81. The lowest BCUT2D eigenvalue weighted by Crippen LogP contribution is -1.99. The lowest BCUT2D eigenvalue weighted by Gasteiger charge is -2.02. The summed E-state index contributed by atoms with van der Waals surface area (Å²) in [6.45, 7) is 4.35. The van der Waals surface area contributed by atoms with E-state index in [2.05, 4.69) is 6.58 Å². The molecule has 0 aliphatic carbocycles. The highest BCUT2D eigenvalue weighted by atomic mass is 16.1. The van der Waals surface area contributed by atoms with E-state index >= 15 is 0 Å². The molecular weight excluding hydrogens is 174 g/mol. The molecule has 0 bridgehead atoms. The molecule has 2 nitrogen and oxygen atoms in total. The maximum atomic E-state index is 10.8. The van der Waals surface area contributed by atoms with Crippen LogP contribution < -0.4 is 0 Å². The number of aromatic nitrogens is 1. The number of aldehydes is 1. The molecule has 0 N–H and O–H groups in total. The monoisotopic (exact) mass is 185 g/mol. The Labute approximate surface area is 82.5 Å². The number of benzene rings is 1. The average molecular weight is 185 g/mol. The minimum Gasteiger partial charge on any atom is -0.334 e. The van der Waals surface area contributed by atoms with Gasteiger partial charge in [-0.2, -0.15) is 0 Å². The van der Waals surface area contributed by atoms with Crippen LogP contribution in [0.3, 0.4) is 0 Å². The Morgan fingerprint density at radius 3 is 2.86 bits per heavy atom. The van der Waals surface area contributed by atoms with Crippen molar-refractivity contribution in [1.82, 2.24) is 4.57 Å². The summed E-state index contributed by atoms with van der Waals surface area (Å²) in [5.74, 6) is 0. The SMILES string of the molecule is C=CCn1c(C=O)cc2ccccc21. The number of para-hydroxylation sites is 1. The molecule has 1 aromatic heterocycles. The summed E-state index contributed by atoms with van der Waals surface area (Å²) in [5, 5.41) is 1.09. The summed E-state index contributed by atoms with van der Waals surface area (Å²) in [5.41, 5.74) is 1.78. The molecule has 1 aromatic carbocycles. The Morgan fingerprint density at radius 2 is 2.14 bits per heavy atom. The maximum absolute atomic E-state index is 10.8. The lowest BCUT2D eigenvalue weighted by atomic mass is 10.2. The van der Waals surface area contributed by atoms with Crippen molar-refractivity contribution in [3.05, 3.63) is 48.7 Å². The predicted molar refractivity (Wildman–Crippen MR) is 57.5 cm³/mol. The third-order valence-electron chi connectivity index (χ3n) is 2.28. The molecule has 0 radical (unpaired) electrons. The fraction of sp³-hybridized carbons (Fsp3) is 0.0833. The predicted octanol–water partition coefficient (Wildman–Crippen LogP) is 2.64. The molecule has 0 aliphatic rings. The van der Waals surface area contributed by atoms with E-state index in [4.69, 9.17) is 0 Å². The summed E-state index contributed by atoms with van der Waals surface area (Å²) < 4.78 is 1.95. The van der Waals surface area contributed by atoms with Crippen molar-refractivity contribution in [2.24, 2.45) is 0 Å². The topological polar surface area (TPSA) is 22.0 Å². The molecule has 0 saturated carbocycles. The fourth-order valence-electron chi connectivity index (χ4n) is 1.66. The molecule has 0 spiro atoms. The van der Waals surface area contributed by atoms with Crippen molar-refractivity contribution in [2.75, 3.05) is 0 Å². The number of nitrogens with zero attached hydrogens (tertiary/aromatic N) is 1. The van der Waals surface area contributed by atoms with Crippen LogP contribution in [0.1, 0.15) is 10.5 Å². The van der Waals surface area contributed by atoms with Crippen molar-refractivity contribution in [3.8, 4) is 0 Å². The number of carbonyl (C=O) groups is 1. The third-order valence-corrected chi connectivity index (χ3v) is 2.28. The standard InChI is InChI=1S/C12H11NO/c1-2-7-13-11(9-14)8-10-5-3-4-6-12(10)13/h2-6,8-9H,1,7H2. The van der Waals surface area contributed by atoms with Crippen LogP contribution in [0.25, 0.3) is 10.9 Å². The van der Waals surface area contributed by atoms with E-state index in [9.17, 15) is 4.79 Å². The zero-order chi connectivity index (χ0) is 9.97. The second-order valence-electron chi connectivity index (χ2n) is 3.15. The van der Waals surface area contributed by atoms with E-state index in [-0.39, 0.29) is 0 Å². The van der Waals surface area contributed by atoms with Gasteiger partial charge in [0.1, 0.15) is 0 Å². The summed E-state index contributed by atoms with van der Waals surface area (Å²) in [6.07, 6.45) is 2.67. The number of fused-ring (bicyclic) bond motifs is 1. The van der Waals surface area contributed by atoms with Crippen molar-refractivity contribution < 1.29 is 4.79 Å². The van der Waals surface area contributed by atoms with E-state index in [1.165, 1.54) is 0 Å². The number of carbonyl (C=O) groups excluding carboxylic acids is 1. The van der Waals surface area contributed by atoms with E-state index in [1.54, 1.807) is 6.08 Å². The Hall–Kier alpha value is -1.83. The van der Waals surface area contributed by atoms with Crippen LogP contribution >= 0.6 is 0 Å². The highest BCUT2D eigenvalue weighted by Crippen LogP contribution is 2.18. The van der Waals surface area contributed by atoms with Gasteiger partial charge in [-0.25, -0.2) is 0 Å². The molecule has 2 rings (SSSR count). The average Bonchev–Trinajstić information content (AvgIpc) is 2.58. The Morgan fingerprint density at radius 1 is 1.36 bits per heavy atom. The fourth-order valence-corrected chi connectivity index (χ4v) is 1.66. The van der Waals surface area contributed by atoms with E-state index in [0.717, 1.165) is 17.2 Å². The van der Waals surface area contributed by atoms with Crippen LogP contribution in [-0.2, 0) is 6.54 Å². The normalized spacial score (nSPS) is 10.3. The molecular formula is C12H11NO. The number of hydrogen-bond acceptors (Lipinski definition) is 1. The number of hydrogen-bond donors (Lipinski definition) is 0. The minimum atomic E-state index is 0.668. The Balaban J connectivity index is 2.73. The van der Waals surface area contributed by atoms with Crippen LogP contribution in [0.4, 0.5) is 0 Å². The highest BCUT2D eigenvalue weighted by molar-refractivity contribution is 5.88. The minimum absolute atomic E-state index is 0.668. The first-order valence-electron chi connectivity index (χ1n) is 4.51. The van der Waals surface area contributed by atoms with E-state index in [0.29, 0.717) is 12.2 Å². The Kier molecular flexibility index (Phi) is 2.19. The first-order chi connectivity index (χ1) is 6.86. The second-order valence-corrected chi connectivity index (χ2v) is 3.15. The molecule has 0 amide bonds. The second kappa shape index (κ2) is 3.50. The van der Waals surface area contributed by atoms with Gasteiger partial charge in [0.2, 0.25) is 0 Å². The van der Waals surface area contributed by atoms with Crippen molar-refractivity contribution >= 4 is 17.2 Å². The number of allylic oxidation sites excluding steroid dienone is 1. The summed E-state index contributed by atoms with van der Waals surface area (Å²) in [7, 11) is 0. The molecule has 2 heteroatoms.